The van der Waals surface area contributed by atoms with Gasteiger partial charge in [0.15, 0.2) is 0 Å². The van der Waals surface area contributed by atoms with E-state index in [0.29, 0.717) is 25.6 Å². The zero-order valence-corrected chi connectivity index (χ0v) is 16.9. The first-order valence-electron chi connectivity index (χ1n) is 9.54. The molecule has 146 valence electrons. The van der Waals surface area contributed by atoms with Crippen LogP contribution in [-0.4, -0.2) is 74.9 Å². The Labute approximate surface area is 157 Å². The molecule has 0 aliphatic carbocycles. The summed E-state index contributed by atoms with van der Waals surface area (Å²) in [4.78, 5) is 2.42. The van der Waals surface area contributed by atoms with Crippen molar-refractivity contribution in [2.45, 2.75) is 32.2 Å². The van der Waals surface area contributed by atoms with Crippen molar-refractivity contribution in [2.75, 3.05) is 46.9 Å². The van der Waals surface area contributed by atoms with Gasteiger partial charge in [0.25, 0.3) is 10.2 Å². The van der Waals surface area contributed by atoms with E-state index in [0.717, 1.165) is 38.1 Å². The van der Waals surface area contributed by atoms with Gasteiger partial charge in [-0.25, -0.2) is 0 Å². The van der Waals surface area contributed by atoms with E-state index in [1.165, 1.54) is 9.87 Å². The average molecular weight is 382 g/mol. The summed E-state index contributed by atoms with van der Waals surface area (Å²) in [6.07, 6.45) is 3.14. The number of ether oxygens (including phenoxy) is 1. The van der Waals surface area contributed by atoms with Crippen molar-refractivity contribution in [2.24, 2.45) is 5.92 Å². The maximum absolute atomic E-state index is 12.5. The molecule has 0 spiro atoms. The predicted molar refractivity (Wildman–Crippen MR) is 104 cm³/mol. The van der Waals surface area contributed by atoms with Crippen molar-refractivity contribution in [1.82, 2.24) is 13.5 Å². The number of para-hydroxylation sites is 1. The van der Waals surface area contributed by atoms with Crippen LogP contribution in [-0.2, 0) is 16.6 Å². The summed E-state index contributed by atoms with van der Waals surface area (Å²) in [5.74, 6) is 1.37. The number of nitrogens with zero attached hydrogens (tertiary/aromatic N) is 3. The fourth-order valence-corrected chi connectivity index (χ4v) is 5.26. The second-order valence-electron chi connectivity index (χ2n) is 7.51. The highest BCUT2D eigenvalue weighted by Gasteiger charge is 2.39. The third kappa shape index (κ3) is 4.22. The van der Waals surface area contributed by atoms with Gasteiger partial charge in [-0.05, 0) is 36.8 Å². The standard InChI is InChI=1S/C19H31N3O3S/c1-4-17-7-5-6-8-19(17)25-12-11-21-13-16-9-10-18(21)15-22(14-16)26(23,24)20(2)3/h5-8,16,18H,4,9-15H2,1-3H3/t16-,18-/m0/s1. The Kier molecular flexibility index (Phi) is 6.22. The van der Waals surface area contributed by atoms with Gasteiger partial charge in [-0.15, -0.1) is 0 Å². The molecule has 0 unspecified atom stereocenters. The summed E-state index contributed by atoms with van der Waals surface area (Å²) in [7, 11) is -0.116. The van der Waals surface area contributed by atoms with E-state index in [2.05, 4.69) is 17.9 Å². The van der Waals surface area contributed by atoms with Gasteiger partial charge in [-0.2, -0.15) is 17.0 Å². The molecule has 3 aliphatic heterocycles. The normalized spacial score (nSPS) is 24.8. The minimum Gasteiger partial charge on any atom is -0.492 e. The Morgan fingerprint density at radius 2 is 1.92 bits per heavy atom. The van der Waals surface area contributed by atoms with Crippen LogP contribution in [0.15, 0.2) is 24.3 Å². The SMILES string of the molecule is CCc1ccccc1OCCN1C[C@@H]2CC[C@H]1CN(S(=O)(=O)N(C)C)C2. The van der Waals surface area contributed by atoms with Gasteiger partial charge < -0.3 is 4.74 Å². The van der Waals surface area contributed by atoms with Gasteiger partial charge in [0.05, 0.1) is 0 Å². The highest BCUT2D eigenvalue weighted by Crippen LogP contribution is 2.29. The first kappa shape index (κ1) is 19.6. The number of fused-ring (bicyclic) bond motifs is 4. The van der Waals surface area contributed by atoms with Crippen LogP contribution in [0.4, 0.5) is 0 Å². The van der Waals surface area contributed by atoms with Crippen molar-refractivity contribution in [3.05, 3.63) is 29.8 Å². The third-order valence-corrected chi connectivity index (χ3v) is 7.44. The molecule has 0 saturated carbocycles. The molecule has 7 heteroatoms. The van der Waals surface area contributed by atoms with E-state index in [9.17, 15) is 8.42 Å². The van der Waals surface area contributed by atoms with E-state index in [4.69, 9.17) is 4.74 Å². The van der Waals surface area contributed by atoms with Crippen LogP contribution in [0.5, 0.6) is 5.75 Å². The molecule has 0 aromatic heterocycles. The lowest BCUT2D eigenvalue weighted by atomic mass is 9.95. The number of rotatable bonds is 7. The second-order valence-corrected chi connectivity index (χ2v) is 9.65. The lowest BCUT2D eigenvalue weighted by molar-refractivity contribution is 0.111. The maximum Gasteiger partial charge on any atom is 0.281 e. The molecule has 1 aromatic carbocycles. The average Bonchev–Trinajstić information content (AvgIpc) is 2.94. The molecule has 0 N–H and O–H groups in total. The van der Waals surface area contributed by atoms with E-state index in [1.54, 1.807) is 18.4 Å². The smallest absolute Gasteiger partial charge is 0.281 e. The number of hydrogen-bond donors (Lipinski definition) is 0. The number of hydrogen-bond acceptors (Lipinski definition) is 4. The third-order valence-electron chi connectivity index (χ3n) is 5.57. The van der Waals surface area contributed by atoms with E-state index in [1.807, 2.05) is 18.2 Å². The fraction of sp³-hybridized carbons (Fsp3) is 0.684. The van der Waals surface area contributed by atoms with Gasteiger partial charge in [0, 0.05) is 46.3 Å². The largest absolute Gasteiger partial charge is 0.492 e. The predicted octanol–water partition coefficient (Wildman–Crippen LogP) is 1.83. The van der Waals surface area contributed by atoms with Crippen molar-refractivity contribution in [1.29, 1.82) is 0 Å². The molecule has 3 heterocycles. The quantitative estimate of drug-likeness (QED) is 0.723. The molecule has 4 rings (SSSR count). The maximum atomic E-state index is 12.5. The molecule has 0 amide bonds. The summed E-state index contributed by atoms with van der Waals surface area (Å²) in [5, 5.41) is 0. The number of aryl methyl sites for hydroxylation is 1. The van der Waals surface area contributed by atoms with Gasteiger partial charge in [-0.1, -0.05) is 25.1 Å². The van der Waals surface area contributed by atoms with Crippen molar-refractivity contribution < 1.29 is 13.2 Å². The lowest BCUT2D eigenvalue weighted by Crippen LogP contribution is -2.47. The summed E-state index contributed by atoms with van der Waals surface area (Å²) in [6, 6.07) is 8.46. The zero-order chi connectivity index (χ0) is 18.7. The summed E-state index contributed by atoms with van der Waals surface area (Å²) in [5.41, 5.74) is 1.23. The van der Waals surface area contributed by atoms with Crippen molar-refractivity contribution in [3.63, 3.8) is 0 Å². The van der Waals surface area contributed by atoms with Crippen LogP contribution in [0.1, 0.15) is 25.3 Å². The van der Waals surface area contributed by atoms with Crippen molar-refractivity contribution in [3.8, 4) is 5.75 Å². The van der Waals surface area contributed by atoms with Crippen molar-refractivity contribution >= 4 is 10.2 Å². The Morgan fingerprint density at radius 3 is 2.65 bits per heavy atom. The van der Waals surface area contributed by atoms with Gasteiger partial charge >= 0.3 is 0 Å². The molecule has 2 atom stereocenters. The number of piperidine rings is 1. The Morgan fingerprint density at radius 1 is 1.15 bits per heavy atom. The van der Waals surface area contributed by atoms with Crippen LogP contribution in [0.3, 0.4) is 0 Å². The molecule has 0 radical (unpaired) electrons. The van der Waals surface area contributed by atoms with E-state index in [-0.39, 0.29) is 6.04 Å². The molecular formula is C19H31N3O3S. The van der Waals surface area contributed by atoms with Crippen LogP contribution >= 0.6 is 0 Å². The lowest BCUT2D eigenvalue weighted by Gasteiger charge is -2.36. The van der Waals surface area contributed by atoms with Crippen LogP contribution in [0.25, 0.3) is 0 Å². The summed E-state index contributed by atoms with van der Waals surface area (Å²) >= 11 is 0. The molecule has 3 fully saturated rings. The number of benzene rings is 1. The molecule has 1 aromatic rings. The summed E-state index contributed by atoms with van der Waals surface area (Å²) in [6.45, 7) is 5.80. The monoisotopic (exact) mass is 381 g/mol. The minimum atomic E-state index is -3.34. The topological polar surface area (TPSA) is 53.1 Å². The molecule has 3 aliphatic rings. The first-order chi connectivity index (χ1) is 12.4. The highest BCUT2D eigenvalue weighted by atomic mass is 32.2. The highest BCUT2D eigenvalue weighted by molar-refractivity contribution is 7.86. The van der Waals surface area contributed by atoms with Gasteiger partial charge in [0.2, 0.25) is 0 Å². The van der Waals surface area contributed by atoms with Gasteiger partial charge in [-0.3, -0.25) is 4.90 Å². The molecule has 26 heavy (non-hydrogen) atoms. The second kappa shape index (κ2) is 8.25. The van der Waals surface area contributed by atoms with Crippen LogP contribution in [0.2, 0.25) is 0 Å². The molecule has 2 bridgehead atoms. The van der Waals surface area contributed by atoms with E-state index >= 15 is 0 Å². The van der Waals surface area contributed by atoms with Crippen LogP contribution in [0, 0.1) is 5.92 Å². The van der Waals surface area contributed by atoms with E-state index < -0.39 is 10.2 Å². The Bertz CT molecular complexity index is 708. The van der Waals surface area contributed by atoms with Gasteiger partial charge in [0.1, 0.15) is 12.4 Å². The Balaban J connectivity index is 1.60. The summed E-state index contributed by atoms with van der Waals surface area (Å²) < 4.78 is 34.1. The first-order valence-corrected chi connectivity index (χ1v) is 10.9. The fourth-order valence-electron chi connectivity index (χ4n) is 4.04. The molecular weight excluding hydrogens is 350 g/mol. The molecule has 3 saturated heterocycles. The molecule has 6 nitrogen and oxygen atoms in total. The Hall–Kier alpha value is -1.15. The van der Waals surface area contributed by atoms with Crippen LogP contribution < -0.4 is 4.74 Å². The zero-order valence-electron chi connectivity index (χ0n) is 16.1. The minimum absolute atomic E-state index is 0.286.